The van der Waals surface area contributed by atoms with Crippen molar-refractivity contribution in [1.29, 1.82) is 0 Å². The van der Waals surface area contributed by atoms with Crippen molar-refractivity contribution in [2.24, 2.45) is 11.8 Å². The van der Waals surface area contributed by atoms with Crippen molar-refractivity contribution in [3.63, 3.8) is 0 Å². The fourth-order valence-electron chi connectivity index (χ4n) is 2.79. The fourth-order valence-corrected chi connectivity index (χ4v) is 2.79. The molecule has 1 N–H and O–H groups in total. The SMILES string of the molecule is CO[C@@H]1OC(COC(=O)CCCCC(=O)O)[C@@H](C)[C@H](C)C1OC(C)=O. The van der Waals surface area contributed by atoms with E-state index in [0.29, 0.717) is 12.8 Å². The predicted molar refractivity (Wildman–Crippen MR) is 86.6 cm³/mol. The molecule has 0 aliphatic carbocycles. The number of unbranched alkanes of at least 4 members (excludes halogenated alkanes) is 1. The van der Waals surface area contributed by atoms with Gasteiger partial charge in [0.05, 0.1) is 6.10 Å². The molecule has 0 amide bonds. The van der Waals surface area contributed by atoms with Crippen molar-refractivity contribution in [2.45, 2.75) is 65.0 Å². The Hall–Kier alpha value is -1.67. The standard InChI is InChI=1S/C17H28O8/c1-10-11(2)16(24-12(3)18)17(22-4)25-13(10)9-23-15(21)8-6-5-7-14(19)20/h10-11,13,16-17H,5-9H2,1-4H3,(H,19,20)/t10-,11-,13?,16?,17+/m0/s1. The number of esters is 2. The smallest absolute Gasteiger partial charge is 0.305 e. The van der Waals surface area contributed by atoms with Gasteiger partial charge in [-0.15, -0.1) is 0 Å². The normalized spacial score (nSPS) is 29.0. The summed E-state index contributed by atoms with van der Waals surface area (Å²) in [6, 6.07) is 0. The Morgan fingerprint density at radius 2 is 1.72 bits per heavy atom. The van der Waals surface area contributed by atoms with Gasteiger partial charge in [0, 0.05) is 32.8 Å². The minimum Gasteiger partial charge on any atom is -0.481 e. The molecule has 2 unspecified atom stereocenters. The van der Waals surface area contributed by atoms with Crippen molar-refractivity contribution < 1.29 is 38.4 Å². The van der Waals surface area contributed by atoms with E-state index in [1.165, 1.54) is 14.0 Å². The number of carbonyl (C=O) groups excluding carboxylic acids is 2. The molecule has 5 atom stereocenters. The van der Waals surface area contributed by atoms with E-state index in [-0.39, 0.29) is 43.4 Å². The maximum atomic E-state index is 11.8. The number of aliphatic carboxylic acids is 1. The Morgan fingerprint density at radius 3 is 2.28 bits per heavy atom. The average molecular weight is 360 g/mol. The van der Waals surface area contributed by atoms with Gasteiger partial charge in [0.15, 0.2) is 12.4 Å². The molecule has 1 aliphatic heterocycles. The van der Waals surface area contributed by atoms with Crippen LogP contribution in [0.15, 0.2) is 0 Å². The van der Waals surface area contributed by atoms with Gasteiger partial charge in [-0.25, -0.2) is 0 Å². The van der Waals surface area contributed by atoms with Gasteiger partial charge in [-0.05, 0) is 18.8 Å². The molecule has 1 fully saturated rings. The lowest BCUT2D eigenvalue weighted by molar-refractivity contribution is -0.272. The van der Waals surface area contributed by atoms with Crippen LogP contribution in [0.1, 0.15) is 46.5 Å². The first-order valence-corrected chi connectivity index (χ1v) is 8.49. The molecule has 0 aromatic carbocycles. The van der Waals surface area contributed by atoms with Crippen LogP contribution in [0.2, 0.25) is 0 Å². The van der Waals surface area contributed by atoms with Crippen LogP contribution in [0.25, 0.3) is 0 Å². The molecule has 0 radical (unpaired) electrons. The number of methoxy groups -OCH3 is 1. The zero-order valence-corrected chi connectivity index (χ0v) is 15.2. The summed E-state index contributed by atoms with van der Waals surface area (Å²) < 4.78 is 21.6. The largest absolute Gasteiger partial charge is 0.481 e. The highest BCUT2D eigenvalue weighted by Gasteiger charge is 2.44. The highest BCUT2D eigenvalue weighted by Crippen LogP contribution is 2.33. The third-order valence-electron chi connectivity index (χ3n) is 4.48. The molecule has 0 saturated carbocycles. The number of ether oxygens (including phenoxy) is 4. The van der Waals surface area contributed by atoms with E-state index in [0.717, 1.165) is 0 Å². The molecule has 1 aliphatic rings. The number of hydrogen-bond acceptors (Lipinski definition) is 7. The van der Waals surface area contributed by atoms with E-state index < -0.39 is 24.3 Å². The zero-order chi connectivity index (χ0) is 19.0. The molecule has 1 heterocycles. The third kappa shape index (κ3) is 6.99. The van der Waals surface area contributed by atoms with Gasteiger partial charge >= 0.3 is 17.9 Å². The molecule has 0 bridgehead atoms. The molecular weight excluding hydrogens is 332 g/mol. The first kappa shape index (κ1) is 21.4. The molecule has 8 nitrogen and oxygen atoms in total. The zero-order valence-electron chi connectivity index (χ0n) is 15.2. The summed E-state index contributed by atoms with van der Waals surface area (Å²) >= 11 is 0. The van der Waals surface area contributed by atoms with Crippen LogP contribution in [0, 0.1) is 11.8 Å². The first-order valence-electron chi connectivity index (χ1n) is 8.49. The van der Waals surface area contributed by atoms with Crippen molar-refractivity contribution in [2.75, 3.05) is 13.7 Å². The van der Waals surface area contributed by atoms with Gasteiger partial charge in [-0.2, -0.15) is 0 Å². The summed E-state index contributed by atoms with van der Waals surface area (Å²) in [5.41, 5.74) is 0. The summed E-state index contributed by atoms with van der Waals surface area (Å²) in [7, 11) is 1.47. The summed E-state index contributed by atoms with van der Waals surface area (Å²) in [6.45, 7) is 5.30. The highest BCUT2D eigenvalue weighted by molar-refractivity contribution is 5.69. The Labute approximate surface area is 147 Å². The number of carboxylic acid groups (broad SMARTS) is 1. The molecule has 1 rings (SSSR count). The molecule has 8 heteroatoms. The Bertz CT molecular complexity index is 462. The minimum atomic E-state index is -0.875. The summed E-state index contributed by atoms with van der Waals surface area (Å²) in [5.74, 6) is -1.69. The van der Waals surface area contributed by atoms with Crippen molar-refractivity contribution in [3.05, 3.63) is 0 Å². The van der Waals surface area contributed by atoms with Crippen LogP contribution in [0.5, 0.6) is 0 Å². The quantitative estimate of drug-likeness (QED) is 0.489. The number of carboxylic acids is 1. The van der Waals surface area contributed by atoms with Crippen LogP contribution < -0.4 is 0 Å². The van der Waals surface area contributed by atoms with Crippen LogP contribution in [0.3, 0.4) is 0 Å². The van der Waals surface area contributed by atoms with E-state index in [1.807, 2.05) is 13.8 Å². The Kier molecular flexibility index (Phi) is 8.85. The molecule has 25 heavy (non-hydrogen) atoms. The second-order valence-electron chi connectivity index (χ2n) is 6.35. The van der Waals surface area contributed by atoms with Crippen LogP contribution in [0.4, 0.5) is 0 Å². The van der Waals surface area contributed by atoms with E-state index in [2.05, 4.69) is 0 Å². The molecule has 0 aromatic rings. The third-order valence-corrected chi connectivity index (χ3v) is 4.48. The highest BCUT2D eigenvalue weighted by atomic mass is 16.7. The van der Waals surface area contributed by atoms with Gasteiger partial charge in [0.1, 0.15) is 6.61 Å². The van der Waals surface area contributed by atoms with Gasteiger partial charge in [-0.3, -0.25) is 14.4 Å². The van der Waals surface area contributed by atoms with E-state index in [1.54, 1.807) is 0 Å². The number of hydrogen-bond donors (Lipinski definition) is 1. The minimum absolute atomic E-state index is 0.00411. The monoisotopic (exact) mass is 360 g/mol. The second-order valence-corrected chi connectivity index (χ2v) is 6.35. The molecular formula is C17H28O8. The molecule has 0 aromatic heterocycles. The molecule has 1 saturated heterocycles. The Morgan fingerprint density at radius 1 is 1.08 bits per heavy atom. The van der Waals surface area contributed by atoms with Crippen LogP contribution >= 0.6 is 0 Å². The van der Waals surface area contributed by atoms with Crippen LogP contribution in [-0.4, -0.2) is 55.2 Å². The van der Waals surface area contributed by atoms with Gasteiger partial charge in [-0.1, -0.05) is 13.8 Å². The van der Waals surface area contributed by atoms with Gasteiger partial charge in [0.25, 0.3) is 0 Å². The summed E-state index contributed by atoms with van der Waals surface area (Å²) in [6.07, 6.45) is -0.468. The number of carbonyl (C=O) groups is 3. The predicted octanol–water partition coefficient (Wildman–Crippen LogP) is 1.75. The van der Waals surface area contributed by atoms with Gasteiger partial charge in [0.2, 0.25) is 0 Å². The van der Waals surface area contributed by atoms with E-state index in [4.69, 9.17) is 24.1 Å². The maximum absolute atomic E-state index is 11.8. The summed E-state index contributed by atoms with van der Waals surface area (Å²) in [5, 5.41) is 8.55. The maximum Gasteiger partial charge on any atom is 0.305 e. The summed E-state index contributed by atoms with van der Waals surface area (Å²) in [4.78, 5) is 33.4. The Balaban J connectivity index is 2.46. The average Bonchev–Trinajstić information content (AvgIpc) is 2.54. The number of rotatable bonds is 9. The fraction of sp³-hybridized carbons (Fsp3) is 0.824. The second kappa shape index (κ2) is 10.4. The molecule has 0 spiro atoms. The topological polar surface area (TPSA) is 108 Å². The van der Waals surface area contributed by atoms with Gasteiger partial charge < -0.3 is 24.1 Å². The lowest BCUT2D eigenvalue weighted by atomic mass is 9.83. The van der Waals surface area contributed by atoms with Crippen molar-refractivity contribution >= 4 is 17.9 Å². The van der Waals surface area contributed by atoms with Crippen molar-refractivity contribution in [1.82, 2.24) is 0 Å². The first-order chi connectivity index (χ1) is 11.8. The van der Waals surface area contributed by atoms with Crippen molar-refractivity contribution in [3.8, 4) is 0 Å². The molecule has 144 valence electrons. The van der Waals surface area contributed by atoms with Crippen LogP contribution in [-0.2, 0) is 33.3 Å². The lowest BCUT2D eigenvalue weighted by Crippen LogP contribution is -2.53. The van der Waals surface area contributed by atoms with E-state index >= 15 is 0 Å². The lowest BCUT2D eigenvalue weighted by Gasteiger charge is -2.43. The van der Waals surface area contributed by atoms with E-state index in [9.17, 15) is 14.4 Å².